The molecule has 1 atom stereocenters. The summed E-state index contributed by atoms with van der Waals surface area (Å²) in [6.45, 7) is 15.1. The molecule has 0 amide bonds. The molecule has 1 rings (SSSR count). The van der Waals surface area contributed by atoms with Crippen molar-refractivity contribution >= 4 is 0 Å². The van der Waals surface area contributed by atoms with Gasteiger partial charge in [0, 0.05) is 0 Å². The van der Waals surface area contributed by atoms with Gasteiger partial charge in [-0.25, -0.2) is 5.57 Å². The predicted octanol–water partition coefficient (Wildman–Crippen LogP) is 1.57. The topological polar surface area (TPSA) is 3.24 Å². The van der Waals surface area contributed by atoms with Crippen LogP contribution in [0.1, 0.15) is 48.0 Å². The predicted molar refractivity (Wildman–Crippen MR) is 85.0 cm³/mol. The summed E-state index contributed by atoms with van der Waals surface area (Å²) >= 11 is 0. The van der Waals surface area contributed by atoms with Crippen LogP contribution < -0.4 is 51.4 Å². The second kappa shape index (κ2) is 9.27. The van der Waals surface area contributed by atoms with Crippen LogP contribution in [-0.4, -0.2) is 25.5 Å². The molecule has 0 radical (unpaired) electrons. The van der Waals surface area contributed by atoms with E-state index in [4.69, 9.17) is 0 Å². The number of rotatable bonds is 6. The molecule has 0 saturated carbocycles. The monoisotopic (exact) mass is 301 g/mol. The van der Waals surface area contributed by atoms with Crippen molar-refractivity contribution in [3.63, 3.8) is 0 Å². The van der Waals surface area contributed by atoms with Gasteiger partial charge in [0.25, 0.3) is 0 Å². The third kappa shape index (κ3) is 5.37. The third-order valence-corrected chi connectivity index (χ3v) is 3.95. The molecule has 1 aliphatic rings. The first-order valence-corrected chi connectivity index (χ1v) is 7.78. The fourth-order valence-electron chi connectivity index (χ4n) is 3.14. The second-order valence-electron chi connectivity index (χ2n) is 7.04. The molecule has 0 aliphatic heterocycles. The van der Waals surface area contributed by atoms with Gasteiger partial charge < -0.3 is 4.90 Å². The van der Waals surface area contributed by atoms with Crippen molar-refractivity contribution in [1.29, 1.82) is 0 Å². The molecule has 1 nitrogen and oxygen atoms in total. The Bertz CT molecular complexity index is 362. The van der Waals surface area contributed by atoms with E-state index in [-0.39, 0.29) is 51.4 Å². The zero-order chi connectivity index (χ0) is 14.7. The summed E-state index contributed by atoms with van der Waals surface area (Å²) in [7, 11) is 4.31. The molecule has 0 saturated heterocycles. The SMILES string of the molecule is CC(C)C1=[C-]C(CCN(C)C)C(C(C)C)=C1C(C)C.[K+]. The largest absolute Gasteiger partial charge is 1.00 e. The van der Waals surface area contributed by atoms with Gasteiger partial charge in [-0.15, -0.1) is 0 Å². The Labute approximate surface area is 169 Å². The van der Waals surface area contributed by atoms with Gasteiger partial charge in [0.05, 0.1) is 0 Å². The summed E-state index contributed by atoms with van der Waals surface area (Å²) in [5.41, 5.74) is 4.75. The number of hydrogen-bond donors (Lipinski definition) is 0. The Morgan fingerprint density at radius 3 is 1.85 bits per heavy atom. The molecule has 0 bridgehead atoms. The van der Waals surface area contributed by atoms with E-state index in [9.17, 15) is 0 Å². The molecule has 0 heterocycles. The summed E-state index contributed by atoms with van der Waals surface area (Å²) in [5.74, 6) is 2.38. The summed E-state index contributed by atoms with van der Waals surface area (Å²) in [6, 6.07) is 0. The smallest absolute Gasteiger partial charge is 0.309 e. The Hall–Kier alpha value is 1.08. The summed E-state index contributed by atoms with van der Waals surface area (Å²) < 4.78 is 0. The Morgan fingerprint density at radius 2 is 1.50 bits per heavy atom. The van der Waals surface area contributed by atoms with Crippen LogP contribution >= 0.6 is 0 Å². The van der Waals surface area contributed by atoms with E-state index in [1.54, 1.807) is 11.1 Å². The first-order chi connectivity index (χ1) is 8.75. The van der Waals surface area contributed by atoms with Gasteiger partial charge in [-0.3, -0.25) is 6.08 Å². The Morgan fingerprint density at radius 1 is 0.950 bits per heavy atom. The minimum atomic E-state index is 0. The van der Waals surface area contributed by atoms with E-state index in [0.717, 1.165) is 6.54 Å². The molecule has 1 unspecified atom stereocenters. The van der Waals surface area contributed by atoms with Crippen LogP contribution in [0.3, 0.4) is 0 Å². The quantitative estimate of drug-likeness (QED) is 0.532. The molecule has 110 valence electrons. The second-order valence-corrected chi connectivity index (χ2v) is 7.04. The minimum absolute atomic E-state index is 0. The molecule has 0 spiro atoms. The van der Waals surface area contributed by atoms with Crippen LogP contribution in [0.4, 0.5) is 0 Å². The Kier molecular flexibility index (Phi) is 9.77. The number of allylic oxidation sites excluding steroid dienone is 4. The fraction of sp³-hybridized carbons (Fsp3) is 0.778. The normalized spacial score (nSPS) is 19.4. The maximum Gasteiger partial charge on any atom is 1.00 e. The van der Waals surface area contributed by atoms with E-state index >= 15 is 0 Å². The average Bonchev–Trinajstić information content (AvgIpc) is 2.65. The van der Waals surface area contributed by atoms with Gasteiger partial charge >= 0.3 is 51.4 Å². The van der Waals surface area contributed by atoms with Crippen LogP contribution in [0, 0.1) is 29.7 Å². The van der Waals surface area contributed by atoms with E-state index in [1.807, 2.05) is 0 Å². The van der Waals surface area contributed by atoms with Crippen LogP contribution in [0.15, 0.2) is 16.7 Å². The maximum absolute atomic E-state index is 3.82. The molecular formula is C18H32KN. The molecule has 1 aliphatic carbocycles. The molecule has 2 heteroatoms. The first-order valence-electron chi connectivity index (χ1n) is 7.78. The van der Waals surface area contributed by atoms with Gasteiger partial charge in [-0.05, 0) is 33.0 Å². The van der Waals surface area contributed by atoms with Crippen LogP contribution in [0.25, 0.3) is 0 Å². The summed E-state index contributed by atoms with van der Waals surface area (Å²) in [5, 5.41) is 0. The van der Waals surface area contributed by atoms with E-state index in [2.05, 4.69) is 66.6 Å². The molecular weight excluding hydrogens is 269 g/mol. The van der Waals surface area contributed by atoms with Crippen molar-refractivity contribution in [1.82, 2.24) is 4.90 Å². The minimum Gasteiger partial charge on any atom is -0.309 e. The van der Waals surface area contributed by atoms with Gasteiger partial charge in [0.15, 0.2) is 0 Å². The zero-order valence-corrected chi connectivity index (χ0v) is 18.3. The molecule has 0 aromatic carbocycles. The van der Waals surface area contributed by atoms with Crippen LogP contribution in [-0.2, 0) is 0 Å². The maximum atomic E-state index is 3.82. The van der Waals surface area contributed by atoms with Gasteiger partial charge in [0.2, 0.25) is 0 Å². The van der Waals surface area contributed by atoms with Crippen molar-refractivity contribution in [3.8, 4) is 0 Å². The summed E-state index contributed by atoms with van der Waals surface area (Å²) in [6.07, 6.45) is 5.03. The third-order valence-electron chi connectivity index (χ3n) is 3.95. The van der Waals surface area contributed by atoms with Crippen molar-refractivity contribution in [2.24, 2.45) is 23.7 Å². The molecule has 0 fully saturated rings. The van der Waals surface area contributed by atoms with Gasteiger partial charge in [-0.2, -0.15) is 11.1 Å². The van der Waals surface area contributed by atoms with Crippen molar-refractivity contribution in [2.45, 2.75) is 48.0 Å². The molecule has 0 aromatic heterocycles. The molecule has 0 aromatic rings. The standard InChI is InChI=1S/C18H32N.K/c1-12(2)16-11-15(9-10-19(7)8)17(13(3)4)18(16)14(5)6;/h12-15H,9-10H2,1-8H3;/q-1;+1. The van der Waals surface area contributed by atoms with Crippen LogP contribution in [0.5, 0.6) is 0 Å². The van der Waals surface area contributed by atoms with E-state index in [0.29, 0.717) is 23.7 Å². The molecule has 0 N–H and O–H groups in total. The first kappa shape index (κ1) is 21.1. The van der Waals surface area contributed by atoms with Crippen LogP contribution in [0.2, 0.25) is 0 Å². The number of hydrogen-bond acceptors (Lipinski definition) is 1. The van der Waals surface area contributed by atoms with E-state index in [1.165, 1.54) is 12.0 Å². The van der Waals surface area contributed by atoms with Crippen molar-refractivity contribution in [2.75, 3.05) is 20.6 Å². The average molecular weight is 302 g/mol. The van der Waals surface area contributed by atoms with Crippen molar-refractivity contribution < 1.29 is 51.4 Å². The fourth-order valence-corrected chi connectivity index (χ4v) is 3.14. The van der Waals surface area contributed by atoms with Crippen molar-refractivity contribution in [3.05, 3.63) is 22.8 Å². The van der Waals surface area contributed by atoms with Gasteiger partial charge in [0.1, 0.15) is 0 Å². The summed E-state index contributed by atoms with van der Waals surface area (Å²) in [4.78, 5) is 2.28. The van der Waals surface area contributed by atoms with E-state index < -0.39 is 0 Å². The number of nitrogens with zero attached hydrogens (tertiary/aromatic N) is 1. The zero-order valence-electron chi connectivity index (χ0n) is 15.2. The Balaban J connectivity index is 0.00000361. The van der Waals surface area contributed by atoms with Gasteiger partial charge in [-0.1, -0.05) is 59.3 Å². The molecule has 20 heavy (non-hydrogen) atoms.